The first kappa shape index (κ1) is 22.5. The molecule has 0 aromatic heterocycles. The second-order valence-corrected chi connectivity index (χ2v) is 8.19. The number of benzene rings is 2. The van der Waals surface area contributed by atoms with Crippen LogP contribution in [0.5, 0.6) is 11.5 Å². The van der Waals surface area contributed by atoms with Crippen LogP contribution in [-0.2, 0) is 14.8 Å². The zero-order valence-corrected chi connectivity index (χ0v) is 18.0. The highest BCUT2D eigenvalue weighted by Crippen LogP contribution is 2.28. The molecule has 2 aromatic carbocycles. The molecule has 0 spiro atoms. The van der Waals surface area contributed by atoms with Gasteiger partial charge in [-0.15, -0.1) is 0 Å². The number of carbonyl (C=O) groups excluding carboxylic acids is 1. The van der Waals surface area contributed by atoms with Crippen LogP contribution >= 0.6 is 0 Å². The third kappa shape index (κ3) is 5.87. The first-order valence-electron chi connectivity index (χ1n) is 9.56. The van der Waals surface area contributed by atoms with Crippen molar-refractivity contribution in [2.75, 3.05) is 29.1 Å². The Bertz CT molecular complexity index is 913. The van der Waals surface area contributed by atoms with E-state index in [2.05, 4.69) is 5.32 Å². The van der Waals surface area contributed by atoms with Crippen molar-refractivity contribution in [2.45, 2.75) is 33.2 Å². The first-order valence-corrected chi connectivity index (χ1v) is 11.4. The lowest BCUT2D eigenvalue weighted by atomic mass is 10.1. The predicted octanol–water partition coefficient (Wildman–Crippen LogP) is 3.67. The molecule has 0 unspecified atom stereocenters. The molecule has 0 aliphatic carbocycles. The molecule has 0 aliphatic rings. The lowest BCUT2D eigenvalue weighted by Crippen LogP contribution is -2.47. The Morgan fingerprint density at radius 2 is 1.62 bits per heavy atom. The van der Waals surface area contributed by atoms with Gasteiger partial charge >= 0.3 is 0 Å². The van der Waals surface area contributed by atoms with Crippen LogP contribution in [0.3, 0.4) is 0 Å². The molecular formula is C21H28N2O5S. The maximum Gasteiger partial charge on any atom is 0.248 e. The maximum atomic E-state index is 13.0. The lowest BCUT2D eigenvalue weighted by molar-refractivity contribution is -0.117. The molecule has 0 radical (unpaired) electrons. The van der Waals surface area contributed by atoms with Gasteiger partial charge in [0.25, 0.3) is 0 Å². The number of nitrogens with one attached hydrogen (secondary N) is 1. The Kier molecular flexibility index (Phi) is 7.90. The highest BCUT2D eigenvalue weighted by Gasteiger charge is 2.32. The van der Waals surface area contributed by atoms with E-state index in [1.807, 2.05) is 13.8 Å². The van der Waals surface area contributed by atoms with Gasteiger partial charge in [0.05, 0.1) is 30.8 Å². The summed E-state index contributed by atoms with van der Waals surface area (Å²) >= 11 is 0. The quantitative estimate of drug-likeness (QED) is 0.634. The van der Waals surface area contributed by atoms with Gasteiger partial charge in [-0.25, -0.2) is 8.42 Å². The fraction of sp³-hybridized carbons (Fsp3) is 0.381. The highest BCUT2D eigenvalue weighted by molar-refractivity contribution is 7.92. The summed E-state index contributed by atoms with van der Waals surface area (Å²) in [5.41, 5.74) is 0.897. The van der Waals surface area contributed by atoms with Crippen molar-refractivity contribution in [3.8, 4) is 11.5 Å². The summed E-state index contributed by atoms with van der Waals surface area (Å²) in [6.07, 6.45) is 1.39. The van der Waals surface area contributed by atoms with E-state index in [4.69, 9.17) is 9.47 Å². The molecule has 1 atom stereocenters. The van der Waals surface area contributed by atoms with Crippen LogP contribution < -0.4 is 19.1 Å². The topological polar surface area (TPSA) is 84.9 Å². The molecule has 2 aromatic rings. The monoisotopic (exact) mass is 420 g/mol. The van der Waals surface area contributed by atoms with Gasteiger partial charge in [0, 0.05) is 0 Å². The highest BCUT2D eigenvalue weighted by atomic mass is 32.2. The number of rotatable bonds is 10. The van der Waals surface area contributed by atoms with Crippen molar-refractivity contribution in [2.24, 2.45) is 0 Å². The summed E-state index contributed by atoms with van der Waals surface area (Å²) in [6, 6.07) is 12.8. The number of nitrogens with zero attached hydrogens (tertiary/aromatic N) is 1. The average molecular weight is 421 g/mol. The molecule has 1 N–H and O–H groups in total. The summed E-state index contributed by atoms with van der Waals surface area (Å²) in [4.78, 5) is 13.0. The number of anilines is 2. The van der Waals surface area contributed by atoms with E-state index in [1.165, 1.54) is 0 Å². The SMILES string of the molecule is CCOc1ccc(N([C@@H](CC)C(=O)Nc2ccccc2OCC)S(C)(=O)=O)cc1. The average Bonchev–Trinajstić information content (AvgIpc) is 2.68. The third-order valence-electron chi connectivity index (χ3n) is 4.18. The van der Waals surface area contributed by atoms with E-state index in [0.717, 1.165) is 10.6 Å². The van der Waals surface area contributed by atoms with Crippen molar-refractivity contribution >= 4 is 27.3 Å². The van der Waals surface area contributed by atoms with Gasteiger partial charge in [0.15, 0.2) is 0 Å². The summed E-state index contributed by atoms with van der Waals surface area (Å²) in [6.45, 7) is 6.45. The van der Waals surface area contributed by atoms with Gasteiger partial charge < -0.3 is 14.8 Å². The molecular weight excluding hydrogens is 392 g/mol. The van der Waals surface area contributed by atoms with E-state index < -0.39 is 22.0 Å². The molecule has 0 saturated heterocycles. The van der Waals surface area contributed by atoms with Crippen LogP contribution in [-0.4, -0.2) is 39.8 Å². The van der Waals surface area contributed by atoms with E-state index in [9.17, 15) is 13.2 Å². The van der Waals surface area contributed by atoms with Gasteiger partial charge in [-0.1, -0.05) is 19.1 Å². The molecule has 0 heterocycles. The molecule has 0 saturated carbocycles. The van der Waals surface area contributed by atoms with Gasteiger partial charge in [0.2, 0.25) is 15.9 Å². The Labute approximate surface area is 172 Å². The number of amides is 1. The molecule has 0 aliphatic heterocycles. The van der Waals surface area contributed by atoms with Crippen molar-refractivity contribution in [3.05, 3.63) is 48.5 Å². The number of para-hydroxylation sites is 2. The zero-order valence-electron chi connectivity index (χ0n) is 17.2. The molecule has 8 heteroatoms. The van der Waals surface area contributed by atoms with Crippen LogP contribution in [0.25, 0.3) is 0 Å². The van der Waals surface area contributed by atoms with Crippen LogP contribution in [0.2, 0.25) is 0 Å². The second kappa shape index (κ2) is 10.2. The Balaban J connectivity index is 2.35. The third-order valence-corrected chi connectivity index (χ3v) is 5.36. The molecule has 0 bridgehead atoms. The molecule has 0 fully saturated rings. The summed E-state index contributed by atoms with van der Waals surface area (Å²) in [7, 11) is -3.71. The normalized spacial score (nSPS) is 12.1. The van der Waals surface area contributed by atoms with E-state index >= 15 is 0 Å². The van der Waals surface area contributed by atoms with Crippen molar-refractivity contribution < 1.29 is 22.7 Å². The summed E-state index contributed by atoms with van der Waals surface area (Å²) in [5, 5.41) is 2.81. The minimum absolute atomic E-state index is 0.295. The van der Waals surface area contributed by atoms with Gasteiger partial charge in [-0.2, -0.15) is 0 Å². The molecule has 7 nitrogen and oxygen atoms in total. The van der Waals surface area contributed by atoms with Crippen molar-refractivity contribution in [1.82, 2.24) is 0 Å². The van der Waals surface area contributed by atoms with Crippen LogP contribution in [0.4, 0.5) is 11.4 Å². The minimum atomic E-state index is -3.71. The Hall–Kier alpha value is -2.74. The first-order chi connectivity index (χ1) is 13.8. The summed E-state index contributed by atoms with van der Waals surface area (Å²) in [5.74, 6) is 0.733. The maximum absolute atomic E-state index is 13.0. The Morgan fingerprint density at radius 1 is 1.00 bits per heavy atom. The van der Waals surface area contributed by atoms with Crippen molar-refractivity contribution in [1.29, 1.82) is 0 Å². The number of hydrogen-bond donors (Lipinski definition) is 1. The number of ether oxygens (including phenoxy) is 2. The number of sulfonamides is 1. The standard InChI is InChI=1S/C21H28N2O5S/c1-5-19(21(24)22-18-10-8-9-11-20(18)28-7-3)23(29(4,25)26)16-12-14-17(15-13-16)27-6-2/h8-15,19H,5-7H2,1-4H3,(H,22,24)/t19-/m0/s1. The largest absolute Gasteiger partial charge is 0.494 e. The lowest BCUT2D eigenvalue weighted by Gasteiger charge is -2.30. The van der Waals surface area contributed by atoms with Crippen LogP contribution in [0.15, 0.2) is 48.5 Å². The molecule has 29 heavy (non-hydrogen) atoms. The molecule has 1 amide bonds. The summed E-state index contributed by atoms with van der Waals surface area (Å²) < 4.78 is 37.2. The van der Waals surface area contributed by atoms with E-state index in [1.54, 1.807) is 55.5 Å². The Morgan fingerprint density at radius 3 is 2.17 bits per heavy atom. The minimum Gasteiger partial charge on any atom is -0.494 e. The van der Waals surface area contributed by atoms with Gasteiger partial charge in [0.1, 0.15) is 17.5 Å². The molecule has 2 rings (SSSR count). The smallest absolute Gasteiger partial charge is 0.248 e. The van der Waals surface area contributed by atoms with E-state index in [-0.39, 0.29) is 0 Å². The zero-order chi connectivity index (χ0) is 21.4. The fourth-order valence-corrected chi connectivity index (χ4v) is 4.20. The second-order valence-electron chi connectivity index (χ2n) is 6.33. The number of carbonyl (C=O) groups is 1. The van der Waals surface area contributed by atoms with Crippen molar-refractivity contribution in [3.63, 3.8) is 0 Å². The molecule has 158 valence electrons. The van der Waals surface area contributed by atoms with E-state index in [0.29, 0.717) is 42.5 Å². The van der Waals surface area contributed by atoms with Gasteiger partial charge in [-0.3, -0.25) is 9.10 Å². The van der Waals surface area contributed by atoms with Gasteiger partial charge in [-0.05, 0) is 56.7 Å². The predicted molar refractivity (Wildman–Crippen MR) is 115 cm³/mol. The fourth-order valence-electron chi connectivity index (χ4n) is 2.98. The van der Waals surface area contributed by atoms with Crippen LogP contribution in [0.1, 0.15) is 27.2 Å². The van der Waals surface area contributed by atoms with Crippen LogP contribution in [0, 0.1) is 0 Å². The number of hydrogen-bond acceptors (Lipinski definition) is 5.